The predicted octanol–water partition coefficient (Wildman–Crippen LogP) is 2.50. The Kier molecular flexibility index (Phi) is 5.20. The van der Waals surface area contributed by atoms with E-state index in [1.54, 1.807) is 7.11 Å². The summed E-state index contributed by atoms with van der Waals surface area (Å²) in [7, 11) is 1.65. The quantitative estimate of drug-likeness (QED) is 0.890. The van der Waals surface area contributed by atoms with Crippen molar-refractivity contribution in [1.29, 1.82) is 0 Å². The molecule has 0 bridgehead atoms. The second-order valence-electron chi connectivity index (χ2n) is 4.35. The molecule has 1 fully saturated rings. The number of aliphatic hydroxyl groups is 1. The lowest BCUT2D eigenvalue weighted by Crippen LogP contribution is -2.22. The van der Waals surface area contributed by atoms with Gasteiger partial charge in [-0.1, -0.05) is 12.1 Å². The topological polar surface area (TPSA) is 38.7 Å². The van der Waals surface area contributed by atoms with Crippen LogP contribution in [0.5, 0.6) is 11.5 Å². The molecule has 1 saturated heterocycles. The average Bonchev–Trinajstić information content (AvgIpc) is 2.41. The van der Waals surface area contributed by atoms with Crippen LogP contribution >= 0.6 is 11.8 Å². The van der Waals surface area contributed by atoms with Gasteiger partial charge in [-0.2, -0.15) is 11.8 Å². The zero-order valence-electron chi connectivity index (χ0n) is 10.7. The molecule has 0 saturated carbocycles. The van der Waals surface area contributed by atoms with E-state index in [2.05, 4.69) is 0 Å². The smallest absolute Gasteiger partial charge is 0.164 e. The Morgan fingerprint density at radius 3 is 2.78 bits per heavy atom. The first kappa shape index (κ1) is 13.6. The lowest BCUT2D eigenvalue weighted by molar-refractivity contribution is 0.184. The summed E-state index contributed by atoms with van der Waals surface area (Å²) < 4.78 is 11.5. The number of benzene rings is 1. The summed E-state index contributed by atoms with van der Waals surface area (Å²) in [6.45, 7) is 0.125. The molecule has 0 radical (unpaired) electrons. The Hall–Kier alpha value is -0.870. The highest BCUT2D eigenvalue weighted by atomic mass is 32.2. The molecule has 4 heteroatoms. The van der Waals surface area contributed by atoms with Gasteiger partial charge in [-0.3, -0.25) is 0 Å². The first-order chi connectivity index (χ1) is 8.85. The number of aliphatic hydroxyl groups excluding tert-OH is 1. The molecule has 1 heterocycles. The minimum absolute atomic E-state index is 0.125. The Labute approximate surface area is 112 Å². The molecule has 0 aromatic heterocycles. The molecule has 0 unspecified atom stereocenters. The van der Waals surface area contributed by atoms with Crippen LogP contribution < -0.4 is 9.47 Å². The van der Waals surface area contributed by atoms with E-state index in [0.717, 1.165) is 29.9 Å². The van der Waals surface area contributed by atoms with E-state index in [1.807, 2.05) is 30.0 Å². The SMILES string of the molecule is COc1c(CCO)cccc1OC1CCSCC1. The Morgan fingerprint density at radius 1 is 1.33 bits per heavy atom. The van der Waals surface area contributed by atoms with Gasteiger partial charge in [0.1, 0.15) is 6.10 Å². The molecular formula is C14H20O3S. The van der Waals surface area contributed by atoms with E-state index in [0.29, 0.717) is 12.5 Å². The zero-order valence-corrected chi connectivity index (χ0v) is 11.5. The molecule has 1 N–H and O–H groups in total. The van der Waals surface area contributed by atoms with Crippen molar-refractivity contribution in [1.82, 2.24) is 0 Å². The molecule has 0 atom stereocenters. The van der Waals surface area contributed by atoms with Crippen LogP contribution in [0.25, 0.3) is 0 Å². The molecule has 100 valence electrons. The van der Waals surface area contributed by atoms with E-state index >= 15 is 0 Å². The highest BCUT2D eigenvalue weighted by molar-refractivity contribution is 7.99. The lowest BCUT2D eigenvalue weighted by Gasteiger charge is -2.24. The fourth-order valence-corrected chi connectivity index (χ4v) is 3.24. The van der Waals surface area contributed by atoms with E-state index < -0.39 is 0 Å². The van der Waals surface area contributed by atoms with Crippen molar-refractivity contribution in [3.8, 4) is 11.5 Å². The summed E-state index contributed by atoms with van der Waals surface area (Å²) in [5.74, 6) is 3.91. The van der Waals surface area contributed by atoms with Crippen molar-refractivity contribution in [3.05, 3.63) is 23.8 Å². The highest BCUT2D eigenvalue weighted by Crippen LogP contribution is 2.33. The maximum atomic E-state index is 9.05. The number of thioether (sulfide) groups is 1. The second-order valence-corrected chi connectivity index (χ2v) is 5.58. The van der Waals surface area contributed by atoms with Crippen molar-refractivity contribution in [3.63, 3.8) is 0 Å². The van der Waals surface area contributed by atoms with E-state index in [-0.39, 0.29) is 6.61 Å². The predicted molar refractivity (Wildman–Crippen MR) is 74.8 cm³/mol. The molecule has 1 aliphatic heterocycles. The third-order valence-electron chi connectivity index (χ3n) is 3.11. The molecular weight excluding hydrogens is 248 g/mol. The average molecular weight is 268 g/mol. The van der Waals surface area contributed by atoms with Crippen molar-refractivity contribution in [2.24, 2.45) is 0 Å². The van der Waals surface area contributed by atoms with Gasteiger partial charge in [0.2, 0.25) is 0 Å². The normalized spacial score (nSPS) is 16.6. The molecule has 1 aromatic carbocycles. The van der Waals surface area contributed by atoms with Crippen LogP contribution in [0.4, 0.5) is 0 Å². The van der Waals surface area contributed by atoms with Crippen LogP contribution in [-0.4, -0.2) is 36.4 Å². The van der Waals surface area contributed by atoms with Gasteiger partial charge in [0, 0.05) is 12.2 Å². The Morgan fingerprint density at radius 2 is 2.11 bits per heavy atom. The van der Waals surface area contributed by atoms with Crippen molar-refractivity contribution >= 4 is 11.8 Å². The van der Waals surface area contributed by atoms with Crippen LogP contribution in [-0.2, 0) is 6.42 Å². The first-order valence-electron chi connectivity index (χ1n) is 6.36. The molecule has 0 amide bonds. The zero-order chi connectivity index (χ0) is 12.8. The third-order valence-corrected chi connectivity index (χ3v) is 4.16. The summed E-state index contributed by atoms with van der Waals surface area (Å²) in [6.07, 6.45) is 3.08. The highest BCUT2D eigenvalue weighted by Gasteiger charge is 2.18. The van der Waals surface area contributed by atoms with Crippen molar-refractivity contribution < 1.29 is 14.6 Å². The fourth-order valence-electron chi connectivity index (χ4n) is 2.18. The minimum Gasteiger partial charge on any atom is -0.493 e. The molecule has 1 aliphatic rings. The molecule has 0 aliphatic carbocycles. The third kappa shape index (κ3) is 3.33. The van der Waals surface area contributed by atoms with Gasteiger partial charge in [-0.25, -0.2) is 0 Å². The Balaban J connectivity index is 2.12. The van der Waals surface area contributed by atoms with Gasteiger partial charge in [0.15, 0.2) is 11.5 Å². The van der Waals surface area contributed by atoms with Gasteiger partial charge in [-0.15, -0.1) is 0 Å². The van der Waals surface area contributed by atoms with Crippen LogP contribution in [0, 0.1) is 0 Å². The van der Waals surface area contributed by atoms with Gasteiger partial charge in [0.25, 0.3) is 0 Å². The van der Waals surface area contributed by atoms with E-state index in [4.69, 9.17) is 14.6 Å². The maximum Gasteiger partial charge on any atom is 0.164 e. The number of hydrogen-bond donors (Lipinski definition) is 1. The largest absolute Gasteiger partial charge is 0.493 e. The number of rotatable bonds is 5. The fraction of sp³-hybridized carbons (Fsp3) is 0.571. The molecule has 2 rings (SSSR count). The van der Waals surface area contributed by atoms with Crippen LogP contribution in [0.15, 0.2) is 18.2 Å². The maximum absolute atomic E-state index is 9.05. The summed E-state index contributed by atoms with van der Waals surface area (Å²) in [4.78, 5) is 0. The van der Waals surface area contributed by atoms with Crippen LogP contribution in [0.2, 0.25) is 0 Å². The van der Waals surface area contributed by atoms with Gasteiger partial charge in [0.05, 0.1) is 7.11 Å². The van der Waals surface area contributed by atoms with E-state index in [1.165, 1.54) is 11.5 Å². The minimum atomic E-state index is 0.125. The summed E-state index contributed by atoms with van der Waals surface area (Å²) in [5, 5.41) is 9.05. The summed E-state index contributed by atoms with van der Waals surface area (Å²) in [6, 6.07) is 5.88. The van der Waals surface area contributed by atoms with Crippen molar-refractivity contribution in [2.75, 3.05) is 25.2 Å². The first-order valence-corrected chi connectivity index (χ1v) is 7.51. The molecule has 1 aromatic rings. The molecule has 3 nitrogen and oxygen atoms in total. The Bertz CT molecular complexity index is 375. The van der Waals surface area contributed by atoms with Gasteiger partial charge < -0.3 is 14.6 Å². The standard InChI is InChI=1S/C14H20O3S/c1-16-14-11(5-8-15)3-2-4-13(14)17-12-6-9-18-10-7-12/h2-4,12,15H,5-10H2,1H3. The number of para-hydroxylation sites is 1. The number of methoxy groups -OCH3 is 1. The summed E-state index contributed by atoms with van der Waals surface area (Å²) >= 11 is 1.99. The molecule has 18 heavy (non-hydrogen) atoms. The second kappa shape index (κ2) is 6.90. The van der Waals surface area contributed by atoms with Gasteiger partial charge >= 0.3 is 0 Å². The molecule has 0 spiro atoms. The summed E-state index contributed by atoms with van der Waals surface area (Å²) in [5.41, 5.74) is 1.00. The van der Waals surface area contributed by atoms with Crippen LogP contribution in [0.1, 0.15) is 18.4 Å². The lowest BCUT2D eigenvalue weighted by atomic mass is 10.1. The van der Waals surface area contributed by atoms with E-state index in [9.17, 15) is 0 Å². The number of ether oxygens (including phenoxy) is 2. The van der Waals surface area contributed by atoms with Crippen molar-refractivity contribution in [2.45, 2.75) is 25.4 Å². The monoisotopic (exact) mass is 268 g/mol. The van der Waals surface area contributed by atoms with Gasteiger partial charge in [-0.05, 0) is 36.8 Å². The van der Waals surface area contributed by atoms with Crippen LogP contribution in [0.3, 0.4) is 0 Å². The number of hydrogen-bond acceptors (Lipinski definition) is 4.